The van der Waals surface area contributed by atoms with Crippen molar-refractivity contribution in [3.05, 3.63) is 74.8 Å². The normalized spacial score (nSPS) is 10.7. The monoisotopic (exact) mass is 330 g/mol. The molecule has 0 aliphatic rings. The number of benzene rings is 2. The zero-order chi connectivity index (χ0) is 17.0. The van der Waals surface area contributed by atoms with Crippen molar-refractivity contribution in [1.82, 2.24) is 0 Å². The summed E-state index contributed by atoms with van der Waals surface area (Å²) < 4.78 is 0. The van der Waals surface area contributed by atoms with Gasteiger partial charge < -0.3 is 4.90 Å². The first-order valence-electron chi connectivity index (χ1n) is 6.82. The number of allylic oxidation sites excluding steroid dienone is 1. The molecule has 0 aliphatic carbocycles. The minimum absolute atomic E-state index is 0.00908. The van der Waals surface area contributed by atoms with Crippen LogP contribution in [0.5, 0.6) is 0 Å². The number of hydrogen-bond donors (Lipinski definition) is 0. The molecule has 0 amide bonds. The Hall–Kier alpha value is -2.66. The van der Waals surface area contributed by atoms with Crippen molar-refractivity contribution in [3.63, 3.8) is 0 Å². The number of rotatable bonds is 5. The molecule has 23 heavy (non-hydrogen) atoms. The van der Waals surface area contributed by atoms with E-state index < -0.39 is 4.92 Å². The van der Waals surface area contributed by atoms with E-state index in [4.69, 9.17) is 11.6 Å². The molecule has 0 radical (unpaired) electrons. The van der Waals surface area contributed by atoms with Crippen LogP contribution >= 0.6 is 11.6 Å². The molecule has 0 fully saturated rings. The number of halogens is 1. The number of hydrogen-bond acceptors (Lipinski definition) is 4. The maximum atomic E-state index is 12.1. The highest BCUT2D eigenvalue weighted by atomic mass is 35.5. The number of nitro groups is 1. The Morgan fingerprint density at radius 2 is 1.83 bits per heavy atom. The van der Waals surface area contributed by atoms with E-state index in [2.05, 4.69) is 0 Å². The van der Waals surface area contributed by atoms with Gasteiger partial charge in [-0.2, -0.15) is 0 Å². The van der Waals surface area contributed by atoms with Crippen LogP contribution in [0, 0.1) is 10.1 Å². The maximum Gasteiger partial charge on any atom is 0.288 e. The molecule has 0 heterocycles. The van der Waals surface area contributed by atoms with Crippen LogP contribution in [0.2, 0.25) is 5.02 Å². The van der Waals surface area contributed by atoms with Gasteiger partial charge in [0.2, 0.25) is 0 Å². The Morgan fingerprint density at radius 1 is 1.17 bits per heavy atom. The lowest BCUT2D eigenvalue weighted by atomic mass is 10.1. The summed E-state index contributed by atoms with van der Waals surface area (Å²) in [5.41, 5.74) is 1.87. The van der Waals surface area contributed by atoms with Crippen LogP contribution in [-0.2, 0) is 0 Å². The summed E-state index contributed by atoms with van der Waals surface area (Å²) in [6, 6.07) is 11.7. The topological polar surface area (TPSA) is 63.5 Å². The first kappa shape index (κ1) is 16.7. The average molecular weight is 331 g/mol. The van der Waals surface area contributed by atoms with Crippen molar-refractivity contribution in [2.45, 2.75) is 0 Å². The van der Waals surface area contributed by atoms with Gasteiger partial charge in [-0.05, 0) is 35.9 Å². The van der Waals surface area contributed by atoms with Gasteiger partial charge in [-0.1, -0.05) is 29.8 Å². The number of nitrogens with zero attached hydrogens (tertiary/aromatic N) is 2. The summed E-state index contributed by atoms with van der Waals surface area (Å²) >= 11 is 5.73. The quantitative estimate of drug-likeness (QED) is 0.356. The third-order valence-electron chi connectivity index (χ3n) is 3.26. The van der Waals surface area contributed by atoms with Crippen LogP contribution in [0.4, 0.5) is 11.4 Å². The van der Waals surface area contributed by atoms with Crippen molar-refractivity contribution < 1.29 is 9.72 Å². The van der Waals surface area contributed by atoms with Crippen molar-refractivity contribution >= 4 is 34.8 Å². The Labute approximate surface area is 139 Å². The van der Waals surface area contributed by atoms with Crippen LogP contribution in [0.15, 0.2) is 48.5 Å². The predicted octanol–water partition coefficient (Wildman–Crippen LogP) is 4.21. The Morgan fingerprint density at radius 3 is 2.39 bits per heavy atom. The lowest BCUT2D eigenvalue weighted by Gasteiger charge is -2.11. The first-order chi connectivity index (χ1) is 10.9. The van der Waals surface area contributed by atoms with E-state index in [9.17, 15) is 14.9 Å². The van der Waals surface area contributed by atoms with Crippen LogP contribution in [-0.4, -0.2) is 24.8 Å². The van der Waals surface area contributed by atoms with E-state index in [1.54, 1.807) is 6.08 Å². The summed E-state index contributed by atoms with van der Waals surface area (Å²) in [4.78, 5) is 24.3. The zero-order valence-electron chi connectivity index (χ0n) is 12.7. The van der Waals surface area contributed by atoms with E-state index in [-0.39, 0.29) is 22.1 Å². The molecule has 6 heteroatoms. The van der Waals surface area contributed by atoms with Crippen LogP contribution < -0.4 is 4.90 Å². The van der Waals surface area contributed by atoms with Gasteiger partial charge in [-0.3, -0.25) is 14.9 Å². The Balaban J connectivity index is 2.18. The molecule has 0 atom stereocenters. The number of anilines is 1. The molecule has 0 unspecified atom stereocenters. The number of carbonyl (C=O) groups is 1. The first-order valence-corrected chi connectivity index (χ1v) is 7.20. The van der Waals surface area contributed by atoms with Crippen molar-refractivity contribution in [1.29, 1.82) is 0 Å². The molecular formula is C17H15ClN2O3. The molecule has 0 N–H and O–H groups in total. The smallest absolute Gasteiger partial charge is 0.288 e. The van der Waals surface area contributed by atoms with Crippen molar-refractivity contribution in [3.8, 4) is 0 Å². The highest BCUT2D eigenvalue weighted by Crippen LogP contribution is 2.25. The van der Waals surface area contributed by atoms with E-state index in [0.717, 1.165) is 11.3 Å². The predicted molar refractivity (Wildman–Crippen MR) is 92.2 cm³/mol. The van der Waals surface area contributed by atoms with Crippen molar-refractivity contribution in [2.24, 2.45) is 0 Å². The number of nitro benzene ring substituents is 1. The van der Waals surface area contributed by atoms with Crippen molar-refractivity contribution in [2.75, 3.05) is 19.0 Å². The van der Waals surface area contributed by atoms with E-state index in [1.165, 1.54) is 24.3 Å². The molecule has 0 spiro atoms. The second kappa shape index (κ2) is 7.07. The van der Waals surface area contributed by atoms with Gasteiger partial charge in [0, 0.05) is 31.4 Å². The lowest BCUT2D eigenvalue weighted by molar-refractivity contribution is -0.384. The Kier molecular flexibility index (Phi) is 5.13. The molecular weight excluding hydrogens is 316 g/mol. The van der Waals surface area contributed by atoms with Crippen LogP contribution in [0.3, 0.4) is 0 Å². The highest BCUT2D eigenvalue weighted by molar-refractivity contribution is 6.32. The minimum Gasteiger partial charge on any atom is -0.378 e. The maximum absolute atomic E-state index is 12.1. The van der Waals surface area contributed by atoms with Crippen LogP contribution in [0.1, 0.15) is 15.9 Å². The van der Waals surface area contributed by atoms with Crippen LogP contribution in [0.25, 0.3) is 6.08 Å². The molecule has 0 saturated heterocycles. The third-order valence-corrected chi connectivity index (χ3v) is 3.58. The van der Waals surface area contributed by atoms with Gasteiger partial charge in [0.25, 0.3) is 5.69 Å². The Bertz CT molecular complexity index is 768. The summed E-state index contributed by atoms with van der Waals surface area (Å²) in [6.07, 6.45) is 3.06. The van der Waals surface area contributed by atoms with E-state index in [1.807, 2.05) is 43.3 Å². The molecule has 2 rings (SSSR count). The fraction of sp³-hybridized carbons (Fsp3) is 0.118. The standard InChI is InChI=1S/C17H15ClN2O3/c1-19(2)14-7-3-12(4-8-14)5-10-17(21)13-6-9-15(18)16(11-13)20(22)23/h3-11H,1-2H3/b10-5+. The molecule has 0 aromatic heterocycles. The van der Waals surface area contributed by atoms with Gasteiger partial charge in [-0.15, -0.1) is 0 Å². The molecule has 0 aliphatic heterocycles. The average Bonchev–Trinajstić information content (AvgIpc) is 2.53. The van der Waals surface area contributed by atoms with Gasteiger partial charge in [-0.25, -0.2) is 0 Å². The molecule has 5 nitrogen and oxygen atoms in total. The van der Waals surface area contributed by atoms with E-state index >= 15 is 0 Å². The molecule has 0 saturated carbocycles. The molecule has 2 aromatic carbocycles. The second-order valence-electron chi connectivity index (χ2n) is 5.11. The summed E-state index contributed by atoms with van der Waals surface area (Å²) in [7, 11) is 3.89. The minimum atomic E-state index is -0.608. The summed E-state index contributed by atoms with van der Waals surface area (Å²) in [5, 5.41) is 10.9. The third kappa shape index (κ3) is 4.17. The van der Waals surface area contributed by atoms with E-state index in [0.29, 0.717) is 0 Å². The largest absolute Gasteiger partial charge is 0.378 e. The summed E-state index contributed by atoms with van der Waals surface area (Å²) in [5.74, 6) is -0.318. The molecule has 118 valence electrons. The van der Waals surface area contributed by atoms with Gasteiger partial charge >= 0.3 is 0 Å². The van der Waals surface area contributed by atoms with Gasteiger partial charge in [0.05, 0.1) is 4.92 Å². The second-order valence-corrected chi connectivity index (χ2v) is 5.51. The van der Waals surface area contributed by atoms with Gasteiger partial charge in [0.15, 0.2) is 5.78 Å². The zero-order valence-corrected chi connectivity index (χ0v) is 13.4. The fourth-order valence-corrected chi connectivity index (χ4v) is 2.14. The number of carbonyl (C=O) groups excluding carboxylic acids is 1. The molecule has 0 bridgehead atoms. The fourth-order valence-electron chi connectivity index (χ4n) is 1.96. The highest BCUT2D eigenvalue weighted by Gasteiger charge is 2.14. The SMILES string of the molecule is CN(C)c1ccc(/C=C/C(=O)c2ccc(Cl)c([N+](=O)[O-])c2)cc1. The molecule has 2 aromatic rings. The lowest BCUT2D eigenvalue weighted by Crippen LogP contribution is -2.07. The van der Waals surface area contributed by atoms with Gasteiger partial charge in [0.1, 0.15) is 5.02 Å². The summed E-state index contributed by atoms with van der Waals surface area (Å²) in [6.45, 7) is 0. The number of ketones is 1.